The van der Waals surface area contributed by atoms with Crippen molar-refractivity contribution in [1.82, 2.24) is 4.98 Å². The van der Waals surface area contributed by atoms with Gasteiger partial charge in [0.15, 0.2) is 28.9 Å². The summed E-state index contributed by atoms with van der Waals surface area (Å²) in [6.07, 6.45) is -6.76. The average Bonchev–Trinajstić information content (AvgIpc) is 2.64. The summed E-state index contributed by atoms with van der Waals surface area (Å²) in [6, 6.07) is 6.76. The van der Waals surface area contributed by atoms with Gasteiger partial charge in [-0.25, -0.2) is 4.39 Å². The number of alkyl halides is 3. The first-order valence-electron chi connectivity index (χ1n) is 8.12. The molecule has 1 amide bonds. The zero-order chi connectivity index (χ0) is 22.5. The molecule has 0 atom stereocenters. The third-order valence-corrected chi connectivity index (χ3v) is 3.55. The van der Waals surface area contributed by atoms with Crippen molar-refractivity contribution in [2.45, 2.75) is 19.5 Å². The molecule has 1 aromatic carbocycles. The average molecular weight is 449 g/mol. The van der Waals surface area contributed by atoms with Crippen LogP contribution in [0, 0.1) is 5.82 Å². The summed E-state index contributed by atoms with van der Waals surface area (Å²) in [5.41, 5.74) is 0. The maximum Gasteiger partial charge on any atom is 0.450 e. The molecule has 0 bridgehead atoms. The van der Waals surface area contributed by atoms with Crippen LogP contribution in [-0.2, 0) is 14.4 Å². The quantitative estimate of drug-likeness (QED) is 0.483. The summed E-state index contributed by atoms with van der Waals surface area (Å²) in [4.78, 5) is 37.2. The predicted molar refractivity (Wildman–Crippen MR) is 96.2 cm³/mol. The van der Waals surface area contributed by atoms with E-state index in [1.807, 2.05) is 0 Å². The Bertz CT molecular complexity index is 982. The lowest BCUT2D eigenvalue weighted by molar-refractivity contribution is -0.171. The van der Waals surface area contributed by atoms with Crippen molar-refractivity contribution in [3.8, 4) is 17.4 Å². The zero-order valence-electron chi connectivity index (χ0n) is 15.2. The van der Waals surface area contributed by atoms with Crippen molar-refractivity contribution in [2.24, 2.45) is 0 Å². The number of halogens is 5. The summed E-state index contributed by atoms with van der Waals surface area (Å²) in [6.45, 7) is 1.06. The first-order chi connectivity index (χ1) is 14.0. The van der Waals surface area contributed by atoms with E-state index in [0.717, 1.165) is 0 Å². The number of benzene rings is 1. The number of pyridine rings is 1. The molecule has 1 heterocycles. The summed E-state index contributed by atoms with van der Waals surface area (Å²) in [5, 5.41) is 1.44. The molecule has 0 spiro atoms. The molecule has 12 heteroatoms. The van der Waals surface area contributed by atoms with E-state index in [9.17, 15) is 31.9 Å². The van der Waals surface area contributed by atoms with Crippen molar-refractivity contribution in [3.05, 3.63) is 41.2 Å². The molecule has 2 rings (SSSR count). The fourth-order valence-corrected chi connectivity index (χ4v) is 2.15. The first-order valence-corrected chi connectivity index (χ1v) is 8.50. The van der Waals surface area contributed by atoms with Crippen LogP contribution < -0.4 is 14.8 Å². The van der Waals surface area contributed by atoms with Gasteiger partial charge in [-0.15, -0.1) is 0 Å². The normalized spacial score (nSPS) is 11.0. The fraction of sp³-hybridized carbons (Fsp3) is 0.222. The molecule has 30 heavy (non-hydrogen) atoms. The van der Waals surface area contributed by atoms with Crippen LogP contribution in [0.15, 0.2) is 30.3 Å². The Kier molecular flexibility index (Phi) is 7.33. The maximum absolute atomic E-state index is 14.0. The second-order valence-corrected chi connectivity index (χ2v) is 6.20. The summed E-state index contributed by atoms with van der Waals surface area (Å²) in [7, 11) is 0. The van der Waals surface area contributed by atoms with Crippen LogP contribution in [0.4, 0.5) is 23.4 Å². The van der Waals surface area contributed by atoms with Gasteiger partial charge >= 0.3 is 6.18 Å². The molecule has 0 aliphatic rings. The third kappa shape index (κ3) is 6.41. The maximum atomic E-state index is 14.0. The van der Waals surface area contributed by atoms with Gasteiger partial charge < -0.3 is 14.8 Å². The Labute approximate surface area is 171 Å². The highest BCUT2D eigenvalue weighted by molar-refractivity contribution is 6.32. The number of amides is 1. The van der Waals surface area contributed by atoms with E-state index in [0.29, 0.717) is 6.07 Å². The standard InChI is InChI=1S/C18H13ClF4N2O5/c1-9(26)8-29-12-4-2-3-5-13(12)30-17-10(19)6-11(20)16(25-17)24-15(28)7-14(27)18(21,22)23/h2-6H,7-8H2,1H3,(H,24,25,28). The van der Waals surface area contributed by atoms with Crippen LogP contribution in [0.2, 0.25) is 5.02 Å². The molecule has 0 saturated carbocycles. The van der Waals surface area contributed by atoms with Gasteiger partial charge in [-0.05, 0) is 19.1 Å². The molecule has 0 radical (unpaired) electrons. The molecule has 0 unspecified atom stereocenters. The van der Waals surface area contributed by atoms with Gasteiger partial charge in [0.05, 0.1) is 6.42 Å². The molecule has 0 saturated heterocycles. The highest BCUT2D eigenvalue weighted by Crippen LogP contribution is 2.35. The van der Waals surface area contributed by atoms with Crippen LogP contribution >= 0.6 is 11.6 Å². The molecule has 1 N–H and O–H groups in total. The van der Waals surface area contributed by atoms with Crippen LogP contribution in [-0.4, -0.2) is 35.2 Å². The summed E-state index contributed by atoms with van der Waals surface area (Å²) in [5.74, 6) is -6.18. The second-order valence-electron chi connectivity index (χ2n) is 5.79. The van der Waals surface area contributed by atoms with Gasteiger partial charge in [-0.3, -0.25) is 14.4 Å². The Morgan fingerprint density at radius 1 is 1.17 bits per heavy atom. The van der Waals surface area contributed by atoms with Gasteiger partial charge in [0, 0.05) is 6.07 Å². The second kappa shape index (κ2) is 9.53. The number of anilines is 1. The van der Waals surface area contributed by atoms with Crippen molar-refractivity contribution in [3.63, 3.8) is 0 Å². The lowest BCUT2D eigenvalue weighted by Gasteiger charge is -2.13. The van der Waals surface area contributed by atoms with Crippen LogP contribution in [0.3, 0.4) is 0 Å². The highest BCUT2D eigenvalue weighted by atomic mass is 35.5. The first kappa shape index (κ1) is 23.1. The number of carbonyl (C=O) groups is 3. The number of para-hydroxylation sites is 2. The number of carbonyl (C=O) groups excluding carboxylic acids is 3. The number of Topliss-reactive ketones (excluding diaryl/α,β-unsaturated/α-hetero) is 2. The van der Waals surface area contributed by atoms with Crippen molar-refractivity contribution in [1.29, 1.82) is 0 Å². The molecular weight excluding hydrogens is 436 g/mol. The van der Waals surface area contributed by atoms with E-state index in [-0.39, 0.29) is 28.9 Å². The van der Waals surface area contributed by atoms with Gasteiger partial charge in [0.1, 0.15) is 11.6 Å². The summed E-state index contributed by atoms with van der Waals surface area (Å²) < 4.78 is 61.5. The van der Waals surface area contributed by atoms with Crippen molar-refractivity contribution >= 4 is 34.9 Å². The van der Waals surface area contributed by atoms with Gasteiger partial charge in [-0.1, -0.05) is 23.7 Å². The number of nitrogens with one attached hydrogen (secondary N) is 1. The monoisotopic (exact) mass is 448 g/mol. The van der Waals surface area contributed by atoms with Crippen LogP contribution in [0.5, 0.6) is 17.4 Å². The Balaban J connectivity index is 2.23. The molecule has 0 fully saturated rings. The minimum atomic E-state index is -5.21. The molecule has 160 valence electrons. The number of ketones is 2. The Morgan fingerprint density at radius 3 is 2.40 bits per heavy atom. The van der Waals surface area contributed by atoms with E-state index in [1.54, 1.807) is 17.4 Å². The number of ether oxygens (including phenoxy) is 2. The molecular formula is C18H13ClF4N2O5. The fourth-order valence-electron chi connectivity index (χ4n) is 1.97. The molecule has 0 aliphatic carbocycles. The predicted octanol–water partition coefficient (Wildman–Crippen LogP) is 4.09. The van der Waals surface area contributed by atoms with Crippen molar-refractivity contribution in [2.75, 3.05) is 11.9 Å². The van der Waals surface area contributed by atoms with Crippen molar-refractivity contribution < 1.29 is 41.4 Å². The lowest BCUT2D eigenvalue weighted by Crippen LogP contribution is -2.28. The minimum absolute atomic E-state index is 0.0456. The van der Waals surface area contributed by atoms with E-state index in [2.05, 4.69) is 4.98 Å². The van der Waals surface area contributed by atoms with E-state index in [4.69, 9.17) is 21.1 Å². The topological polar surface area (TPSA) is 94.6 Å². The van der Waals surface area contributed by atoms with Gasteiger partial charge in [0.2, 0.25) is 17.6 Å². The number of hydrogen-bond acceptors (Lipinski definition) is 6. The Morgan fingerprint density at radius 2 is 1.80 bits per heavy atom. The van der Waals surface area contributed by atoms with Crippen LogP contribution in [0.25, 0.3) is 0 Å². The van der Waals surface area contributed by atoms with E-state index in [1.165, 1.54) is 19.1 Å². The SMILES string of the molecule is CC(=O)COc1ccccc1Oc1nc(NC(=O)CC(=O)C(F)(F)F)c(F)cc1Cl. The van der Waals surface area contributed by atoms with E-state index < -0.39 is 41.8 Å². The van der Waals surface area contributed by atoms with Gasteiger partial charge in [-0.2, -0.15) is 18.2 Å². The highest BCUT2D eigenvalue weighted by Gasteiger charge is 2.39. The number of aromatic nitrogens is 1. The summed E-state index contributed by atoms with van der Waals surface area (Å²) >= 11 is 5.87. The van der Waals surface area contributed by atoms with E-state index >= 15 is 0 Å². The zero-order valence-corrected chi connectivity index (χ0v) is 15.9. The number of nitrogens with zero attached hydrogens (tertiary/aromatic N) is 1. The smallest absolute Gasteiger partial charge is 0.450 e. The minimum Gasteiger partial charge on any atom is -0.482 e. The number of hydrogen-bond donors (Lipinski definition) is 1. The largest absolute Gasteiger partial charge is 0.482 e. The molecule has 0 aliphatic heterocycles. The van der Waals surface area contributed by atoms with Crippen LogP contribution in [0.1, 0.15) is 13.3 Å². The lowest BCUT2D eigenvalue weighted by atomic mass is 10.2. The number of rotatable bonds is 8. The third-order valence-electron chi connectivity index (χ3n) is 3.28. The van der Waals surface area contributed by atoms with Gasteiger partial charge in [0.25, 0.3) is 0 Å². The Hall–Kier alpha value is -3.21. The molecule has 7 nitrogen and oxygen atoms in total. The molecule has 1 aromatic heterocycles. The molecule has 2 aromatic rings.